The highest BCUT2D eigenvalue weighted by Crippen LogP contribution is 2.28. The van der Waals surface area contributed by atoms with E-state index in [2.05, 4.69) is 13.0 Å². The molecule has 0 unspecified atom stereocenters. The molecule has 94 valence electrons. The SMILES string of the molecule is CCc1cc(C)cc(N2C(=O)C(C)=C(C)C2=O)c1. The van der Waals surface area contributed by atoms with Gasteiger partial charge in [-0.25, -0.2) is 4.90 Å². The van der Waals surface area contributed by atoms with E-state index in [0.717, 1.165) is 17.5 Å². The van der Waals surface area contributed by atoms with Crippen molar-refractivity contribution in [3.05, 3.63) is 40.5 Å². The first-order chi connectivity index (χ1) is 8.45. The van der Waals surface area contributed by atoms with Crippen LogP contribution in [0, 0.1) is 6.92 Å². The third-order valence-corrected chi connectivity index (χ3v) is 3.40. The molecule has 18 heavy (non-hydrogen) atoms. The molecule has 1 heterocycles. The first-order valence-corrected chi connectivity index (χ1v) is 6.12. The molecule has 3 nitrogen and oxygen atoms in total. The van der Waals surface area contributed by atoms with Gasteiger partial charge in [0.2, 0.25) is 0 Å². The zero-order valence-electron chi connectivity index (χ0n) is 11.2. The summed E-state index contributed by atoms with van der Waals surface area (Å²) in [5.74, 6) is -0.407. The van der Waals surface area contributed by atoms with Crippen LogP contribution in [0.15, 0.2) is 29.3 Å². The fraction of sp³-hybridized carbons (Fsp3) is 0.333. The number of carbonyl (C=O) groups excluding carboxylic acids is 2. The number of rotatable bonds is 2. The first kappa shape index (κ1) is 12.6. The van der Waals surface area contributed by atoms with E-state index in [1.807, 2.05) is 19.1 Å². The van der Waals surface area contributed by atoms with Crippen LogP contribution < -0.4 is 4.90 Å². The van der Waals surface area contributed by atoms with Gasteiger partial charge in [-0.15, -0.1) is 0 Å². The number of nitrogens with zero attached hydrogens (tertiary/aromatic N) is 1. The summed E-state index contributed by atoms with van der Waals surface area (Å²) in [4.78, 5) is 25.4. The van der Waals surface area contributed by atoms with Crippen LogP contribution in [-0.2, 0) is 16.0 Å². The second-order valence-electron chi connectivity index (χ2n) is 4.73. The molecule has 1 aliphatic heterocycles. The molecule has 0 N–H and O–H groups in total. The molecule has 1 aliphatic rings. The van der Waals surface area contributed by atoms with Crippen LogP contribution in [0.2, 0.25) is 0 Å². The number of anilines is 1. The van der Waals surface area contributed by atoms with Crippen LogP contribution in [-0.4, -0.2) is 11.8 Å². The maximum atomic E-state index is 12.1. The number of imide groups is 1. The predicted molar refractivity (Wildman–Crippen MR) is 71.4 cm³/mol. The summed E-state index contributed by atoms with van der Waals surface area (Å²) < 4.78 is 0. The summed E-state index contributed by atoms with van der Waals surface area (Å²) in [5, 5.41) is 0. The van der Waals surface area contributed by atoms with Crippen molar-refractivity contribution in [3.8, 4) is 0 Å². The second kappa shape index (κ2) is 4.41. The van der Waals surface area contributed by atoms with E-state index in [1.54, 1.807) is 13.8 Å². The van der Waals surface area contributed by atoms with Crippen molar-refractivity contribution >= 4 is 17.5 Å². The van der Waals surface area contributed by atoms with Gasteiger partial charge in [-0.3, -0.25) is 9.59 Å². The molecule has 0 aromatic heterocycles. The normalized spacial score (nSPS) is 15.9. The largest absolute Gasteiger partial charge is 0.269 e. The van der Waals surface area contributed by atoms with Crippen LogP contribution in [0.25, 0.3) is 0 Å². The molecule has 0 saturated carbocycles. The lowest BCUT2D eigenvalue weighted by Crippen LogP contribution is -2.31. The Labute approximate surface area is 107 Å². The lowest BCUT2D eigenvalue weighted by molar-refractivity contribution is -0.120. The van der Waals surface area contributed by atoms with E-state index in [4.69, 9.17) is 0 Å². The highest BCUT2D eigenvalue weighted by Gasteiger charge is 2.34. The van der Waals surface area contributed by atoms with Crippen LogP contribution >= 0.6 is 0 Å². The average molecular weight is 243 g/mol. The Balaban J connectivity index is 2.49. The van der Waals surface area contributed by atoms with Crippen molar-refractivity contribution in [3.63, 3.8) is 0 Å². The molecule has 0 atom stereocenters. The Morgan fingerprint density at radius 1 is 0.944 bits per heavy atom. The Bertz CT molecular complexity index is 546. The molecule has 0 radical (unpaired) electrons. The van der Waals surface area contributed by atoms with Gasteiger partial charge >= 0.3 is 0 Å². The van der Waals surface area contributed by atoms with Gasteiger partial charge in [0.25, 0.3) is 11.8 Å². The van der Waals surface area contributed by atoms with E-state index >= 15 is 0 Å². The molecule has 0 fully saturated rings. The molecule has 0 bridgehead atoms. The van der Waals surface area contributed by atoms with Crippen molar-refractivity contribution in [2.24, 2.45) is 0 Å². The van der Waals surface area contributed by atoms with Crippen molar-refractivity contribution < 1.29 is 9.59 Å². The summed E-state index contributed by atoms with van der Waals surface area (Å²) in [6.45, 7) is 7.43. The van der Waals surface area contributed by atoms with Crippen molar-refractivity contribution in [1.82, 2.24) is 0 Å². The predicted octanol–water partition coefficient (Wildman–Crippen LogP) is 2.77. The summed E-state index contributed by atoms with van der Waals surface area (Å²) in [6, 6.07) is 5.86. The molecule has 2 amide bonds. The minimum absolute atomic E-state index is 0.204. The molecule has 1 aromatic carbocycles. The summed E-state index contributed by atoms with van der Waals surface area (Å²) in [6.07, 6.45) is 0.885. The van der Waals surface area contributed by atoms with Gasteiger partial charge in [0.05, 0.1) is 5.69 Å². The zero-order valence-corrected chi connectivity index (χ0v) is 11.2. The number of hydrogen-bond donors (Lipinski definition) is 0. The van der Waals surface area contributed by atoms with Gasteiger partial charge < -0.3 is 0 Å². The minimum Gasteiger partial charge on any atom is -0.269 e. The molecule has 0 aliphatic carbocycles. The Hall–Kier alpha value is -1.90. The molecule has 3 heteroatoms. The third-order valence-electron chi connectivity index (χ3n) is 3.40. The molecular weight excluding hydrogens is 226 g/mol. The quantitative estimate of drug-likeness (QED) is 0.749. The fourth-order valence-electron chi connectivity index (χ4n) is 2.16. The number of aryl methyl sites for hydroxylation is 2. The number of hydrogen-bond acceptors (Lipinski definition) is 2. The van der Waals surface area contributed by atoms with Gasteiger partial charge in [0, 0.05) is 11.1 Å². The monoisotopic (exact) mass is 243 g/mol. The lowest BCUT2D eigenvalue weighted by atomic mass is 10.1. The van der Waals surface area contributed by atoms with Gasteiger partial charge in [-0.1, -0.05) is 13.0 Å². The molecule has 0 spiro atoms. The standard InChI is InChI=1S/C15H17NO2/c1-5-12-6-9(2)7-13(8-12)16-14(17)10(3)11(4)15(16)18/h6-8H,5H2,1-4H3. The zero-order chi connectivity index (χ0) is 13.4. The Morgan fingerprint density at radius 2 is 1.50 bits per heavy atom. The summed E-state index contributed by atoms with van der Waals surface area (Å²) in [5.41, 5.74) is 3.96. The third kappa shape index (κ3) is 1.86. The summed E-state index contributed by atoms with van der Waals surface area (Å²) in [7, 11) is 0. The molecule has 2 rings (SSSR count). The number of benzene rings is 1. The van der Waals surface area contributed by atoms with Crippen LogP contribution in [0.5, 0.6) is 0 Å². The molecule has 1 aromatic rings. The maximum Gasteiger partial charge on any atom is 0.261 e. The topological polar surface area (TPSA) is 37.4 Å². The maximum absolute atomic E-state index is 12.1. The van der Waals surface area contributed by atoms with Gasteiger partial charge in [-0.05, 0) is 50.5 Å². The number of amides is 2. The van der Waals surface area contributed by atoms with E-state index in [0.29, 0.717) is 16.8 Å². The smallest absolute Gasteiger partial charge is 0.261 e. The highest BCUT2D eigenvalue weighted by atomic mass is 16.2. The van der Waals surface area contributed by atoms with Crippen LogP contribution in [0.4, 0.5) is 5.69 Å². The Morgan fingerprint density at radius 3 is 2.00 bits per heavy atom. The fourth-order valence-corrected chi connectivity index (χ4v) is 2.16. The van der Waals surface area contributed by atoms with E-state index in [1.165, 1.54) is 4.90 Å². The van der Waals surface area contributed by atoms with Crippen molar-refractivity contribution in [2.75, 3.05) is 4.90 Å². The Kier molecular flexibility index (Phi) is 3.07. The first-order valence-electron chi connectivity index (χ1n) is 6.12. The van der Waals surface area contributed by atoms with E-state index in [9.17, 15) is 9.59 Å². The van der Waals surface area contributed by atoms with Gasteiger partial charge in [0.15, 0.2) is 0 Å². The van der Waals surface area contributed by atoms with Gasteiger partial charge in [-0.2, -0.15) is 0 Å². The molecular formula is C15H17NO2. The second-order valence-corrected chi connectivity index (χ2v) is 4.73. The van der Waals surface area contributed by atoms with Crippen molar-refractivity contribution in [1.29, 1.82) is 0 Å². The molecule has 0 saturated heterocycles. The van der Waals surface area contributed by atoms with Crippen molar-refractivity contribution in [2.45, 2.75) is 34.1 Å². The highest BCUT2D eigenvalue weighted by molar-refractivity contribution is 6.32. The van der Waals surface area contributed by atoms with E-state index in [-0.39, 0.29) is 11.8 Å². The number of carbonyl (C=O) groups is 2. The average Bonchev–Trinajstić information content (AvgIpc) is 2.53. The lowest BCUT2D eigenvalue weighted by Gasteiger charge is -2.16. The van der Waals surface area contributed by atoms with Crippen LogP contribution in [0.3, 0.4) is 0 Å². The van der Waals surface area contributed by atoms with E-state index < -0.39 is 0 Å². The van der Waals surface area contributed by atoms with Crippen LogP contribution in [0.1, 0.15) is 31.9 Å². The van der Waals surface area contributed by atoms with Gasteiger partial charge in [0.1, 0.15) is 0 Å². The summed E-state index contributed by atoms with van der Waals surface area (Å²) >= 11 is 0. The minimum atomic E-state index is -0.204.